The minimum atomic E-state index is -0.680. The second-order valence-corrected chi connectivity index (χ2v) is 6.38. The van der Waals surface area contributed by atoms with E-state index in [1.54, 1.807) is 24.3 Å². The maximum absolute atomic E-state index is 12.0. The van der Waals surface area contributed by atoms with Crippen molar-refractivity contribution in [2.24, 2.45) is 10.2 Å². The number of aromatic hydroxyl groups is 1. The van der Waals surface area contributed by atoms with Gasteiger partial charge in [-0.2, -0.15) is 0 Å². The van der Waals surface area contributed by atoms with Gasteiger partial charge in [-0.05, 0) is 11.6 Å². The highest BCUT2D eigenvalue weighted by Crippen LogP contribution is 2.38. The highest BCUT2D eigenvalue weighted by molar-refractivity contribution is 5.96. The number of hydrogen-bond acceptors (Lipinski definition) is 6. The van der Waals surface area contributed by atoms with E-state index in [-0.39, 0.29) is 37.0 Å². The quantitative estimate of drug-likeness (QED) is 0.459. The van der Waals surface area contributed by atoms with Crippen molar-refractivity contribution in [1.82, 2.24) is 9.88 Å². The summed E-state index contributed by atoms with van der Waals surface area (Å²) in [6.45, 7) is -0.543. The molecular formula is C21H20N4O5. The van der Waals surface area contributed by atoms with Crippen LogP contribution in [-0.4, -0.2) is 41.1 Å². The summed E-state index contributed by atoms with van der Waals surface area (Å²) in [7, 11) is 1.25. The smallest absolute Gasteiger partial charge is 0.325 e. The number of carbonyl (C=O) groups is 3. The first-order chi connectivity index (χ1) is 14.5. The van der Waals surface area contributed by atoms with E-state index < -0.39 is 11.9 Å². The van der Waals surface area contributed by atoms with E-state index in [4.69, 9.17) is 0 Å². The number of ether oxygens (including phenoxy) is 1. The van der Waals surface area contributed by atoms with E-state index in [2.05, 4.69) is 20.3 Å². The van der Waals surface area contributed by atoms with Gasteiger partial charge in [0, 0.05) is 5.39 Å². The Kier molecular flexibility index (Phi) is 6.53. The molecule has 3 rings (SSSR count). The molecule has 2 aromatic carbocycles. The number of para-hydroxylation sites is 1. The van der Waals surface area contributed by atoms with Crippen LogP contribution in [-0.2, 0) is 32.1 Å². The average Bonchev–Trinajstić information content (AvgIpc) is 3.02. The number of fused-ring (bicyclic) bond motifs is 1. The van der Waals surface area contributed by atoms with Gasteiger partial charge in [0.1, 0.15) is 13.1 Å². The van der Waals surface area contributed by atoms with Gasteiger partial charge in [0.05, 0.1) is 19.0 Å². The topological polar surface area (TPSA) is 122 Å². The Morgan fingerprint density at radius 3 is 2.50 bits per heavy atom. The van der Waals surface area contributed by atoms with Crippen LogP contribution in [0.4, 0.5) is 5.69 Å². The second kappa shape index (κ2) is 9.46. The first-order valence-electron chi connectivity index (χ1n) is 9.11. The number of esters is 1. The first-order valence-corrected chi connectivity index (χ1v) is 9.11. The van der Waals surface area contributed by atoms with Gasteiger partial charge in [0.25, 0.3) is 5.91 Å². The summed E-state index contributed by atoms with van der Waals surface area (Å²) in [5.41, 5.74) is 1.42. The van der Waals surface area contributed by atoms with Crippen molar-refractivity contribution in [3.63, 3.8) is 0 Å². The minimum absolute atomic E-state index is 0.0541. The molecule has 2 N–H and O–H groups in total. The summed E-state index contributed by atoms with van der Waals surface area (Å²) >= 11 is 0. The minimum Gasteiger partial charge on any atom is -0.493 e. The van der Waals surface area contributed by atoms with E-state index >= 15 is 0 Å². The van der Waals surface area contributed by atoms with E-state index in [1.807, 2.05) is 30.3 Å². The lowest BCUT2D eigenvalue weighted by Gasteiger charge is -2.04. The Morgan fingerprint density at radius 1 is 1.07 bits per heavy atom. The molecule has 2 amide bonds. The first kappa shape index (κ1) is 20.7. The van der Waals surface area contributed by atoms with Gasteiger partial charge in [-0.15, -0.1) is 10.2 Å². The van der Waals surface area contributed by atoms with Crippen molar-refractivity contribution in [3.8, 4) is 5.88 Å². The van der Waals surface area contributed by atoms with Crippen LogP contribution in [0.5, 0.6) is 5.88 Å². The lowest BCUT2D eigenvalue weighted by molar-refractivity contribution is -0.141. The zero-order valence-electron chi connectivity index (χ0n) is 16.2. The third kappa shape index (κ3) is 4.88. The molecule has 0 saturated carbocycles. The maximum atomic E-state index is 12.0. The lowest BCUT2D eigenvalue weighted by atomic mass is 10.1. The zero-order valence-corrected chi connectivity index (χ0v) is 16.2. The van der Waals surface area contributed by atoms with Gasteiger partial charge in [-0.3, -0.25) is 19.0 Å². The van der Waals surface area contributed by atoms with Crippen molar-refractivity contribution in [2.75, 3.05) is 13.7 Å². The van der Waals surface area contributed by atoms with Gasteiger partial charge < -0.3 is 15.2 Å². The van der Waals surface area contributed by atoms with Crippen molar-refractivity contribution in [1.29, 1.82) is 0 Å². The number of benzene rings is 2. The van der Waals surface area contributed by atoms with Crippen LogP contribution < -0.4 is 5.32 Å². The Morgan fingerprint density at radius 2 is 1.77 bits per heavy atom. The van der Waals surface area contributed by atoms with Gasteiger partial charge in [-0.25, -0.2) is 0 Å². The van der Waals surface area contributed by atoms with Crippen LogP contribution >= 0.6 is 0 Å². The Hall–Kier alpha value is -4.01. The molecule has 3 aromatic rings. The number of hydrogen-bond donors (Lipinski definition) is 2. The Labute approximate surface area is 172 Å². The van der Waals surface area contributed by atoms with Crippen molar-refractivity contribution in [2.45, 2.75) is 13.0 Å². The number of nitrogens with one attached hydrogen (secondary N) is 1. The summed E-state index contributed by atoms with van der Waals surface area (Å²) in [6.07, 6.45) is 0.146. The van der Waals surface area contributed by atoms with Crippen molar-refractivity contribution >= 4 is 34.4 Å². The molecule has 0 aliphatic heterocycles. The maximum Gasteiger partial charge on any atom is 0.325 e. The zero-order chi connectivity index (χ0) is 21.5. The van der Waals surface area contributed by atoms with E-state index in [1.165, 1.54) is 11.7 Å². The molecule has 0 saturated heterocycles. The molecular weight excluding hydrogens is 388 g/mol. The monoisotopic (exact) mass is 408 g/mol. The van der Waals surface area contributed by atoms with Crippen LogP contribution in [0.25, 0.3) is 10.9 Å². The van der Waals surface area contributed by atoms with E-state index in [0.717, 1.165) is 5.56 Å². The average molecular weight is 408 g/mol. The van der Waals surface area contributed by atoms with Crippen molar-refractivity contribution < 1.29 is 24.2 Å². The highest BCUT2D eigenvalue weighted by Gasteiger charge is 2.19. The predicted octanol–water partition coefficient (Wildman–Crippen LogP) is 2.49. The van der Waals surface area contributed by atoms with Crippen molar-refractivity contribution in [3.05, 3.63) is 60.2 Å². The summed E-state index contributed by atoms with van der Waals surface area (Å²) in [5.74, 6) is -1.86. The molecule has 0 unspecified atom stereocenters. The standard InChI is InChI=1S/C21H20N4O5/c1-30-19(28)13-25-16-10-6-5-9-15(16)20(21(25)29)24-23-18(27)12-22-17(26)11-14-7-3-2-4-8-14/h2-10,29H,11-13H2,1H3,(H,22,26). The second-order valence-electron chi connectivity index (χ2n) is 6.38. The molecule has 0 bridgehead atoms. The third-order valence-electron chi connectivity index (χ3n) is 4.34. The number of methoxy groups -OCH3 is 1. The summed E-state index contributed by atoms with van der Waals surface area (Å²) in [4.78, 5) is 35.6. The fourth-order valence-electron chi connectivity index (χ4n) is 2.88. The van der Waals surface area contributed by atoms with Gasteiger partial charge in [0.15, 0.2) is 5.69 Å². The molecule has 30 heavy (non-hydrogen) atoms. The fraction of sp³-hybridized carbons (Fsp3) is 0.190. The van der Waals surface area contributed by atoms with Gasteiger partial charge in [-0.1, -0.05) is 48.5 Å². The highest BCUT2D eigenvalue weighted by atomic mass is 16.5. The summed E-state index contributed by atoms with van der Waals surface area (Å²) in [5, 5.41) is 20.9. The summed E-state index contributed by atoms with van der Waals surface area (Å²) in [6, 6.07) is 16.0. The largest absolute Gasteiger partial charge is 0.493 e. The Bertz CT molecular complexity index is 1110. The summed E-state index contributed by atoms with van der Waals surface area (Å²) < 4.78 is 5.96. The van der Waals surface area contributed by atoms with Crippen LogP contribution in [0.1, 0.15) is 5.56 Å². The number of rotatable bonds is 7. The number of amides is 2. The number of carbonyl (C=O) groups excluding carboxylic acids is 3. The van der Waals surface area contributed by atoms with Crippen LogP contribution in [0.15, 0.2) is 64.8 Å². The molecule has 154 valence electrons. The van der Waals surface area contributed by atoms with Gasteiger partial charge >= 0.3 is 5.97 Å². The van der Waals surface area contributed by atoms with E-state index in [9.17, 15) is 19.5 Å². The molecule has 1 heterocycles. The number of azo groups is 1. The van der Waals surface area contributed by atoms with Crippen LogP contribution in [0.3, 0.4) is 0 Å². The molecule has 9 nitrogen and oxygen atoms in total. The fourth-order valence-corrected chi connectivity index (χ4v) is 2.88. The molecule has 0 atom stereocenters. The molecule has 0 aliphatic carbocycles. The molecule has 0 aliphatic rings. The molecule has 0 spiro atoms. The lowest BCUT2D eigenvalue weighted by Crippen LogP contribution is -2.29. The number of nitrogens with zero attached hydrogens (tertiary/aromatic N) is 3. The SMILES string of the molecule is COC(=O)Cn1c(O)c(N=NC(=O)CNC(=O)Cc2ccccc2)c2ccccc21. The molecule has 0 fully saturated rings. The van der Waals surface area contributed by atoms with Crippen LogP contribution in [0.2, 0.25) is 0 Å². The number of aromatic nitrogens is 1. The molecule has 9 heteroatoms. The predicted molar refractivity (Wildman–Crippen MR) is 108 cm³/mol. The van der Waals surface area contributed by atoms with Crippen LogP contribution in [0, 0.1) is 0 Å². The third-order valence-corrected chi connectivity index (χ3v) is 4.34. The normalized spacial score (nSPS) is 11.0. The molecule has 1 aromatic heterocycles. The molecule has 0 radical (unpaired) electrons. The van der Waals surface area contributed by atoms with Gasteiger partial charge in [0.2, 0.25) is 11.8 Å². The van der Waals surface area contributed by atoms with E-state index in [0.29, 0.717) is 10.9 Å². The Balaban J connectivity index is 1.69.